The predicted octanol–water partition coefficient (Wildman–Crippen LogP) is 4.12. The Bertz CT molecular complexity index is 951. The lowest BCUT2D eigenvalue weighted by Gasteiger charge is -2.10. The average molecular weight is 390 g/mol. The highest BCUT2D eigenvalue weighted by atomic mass is 16.6. The summed E-state index contributed by atoms with van der Waals surface area (Å²) in [6, 6.07) is 21.4. The van der Waals surface area contributed by atoms with Crippen molar-refractivity contribution in [3.8, 4) is 16.9 Å². The number of nitrogen functional groups attached to an aromatic ring is 2. The fourth-order valence-electron chi connectivity index (χ4n) is 2.95. The molecule has 0 bridgehead atoms. The summed E-state index contributed by atoms with van der Waals surface area (Å²) in [5.41, 5.74) is 17.1. The summed E-state index contributed by atoms with van der Waals surface area (Å²) in [6.45, 7) is 0.343. The predicted molar refractivity (Wildman–Crippen MR) is 118 cm³/mol. The van der Waals surface area contributed by atoms with Crippen molar-refractivity contribution in [2.24, 2.45) is 0 Å². The van der Waals surface area contributed by atoms with Gasteiger partial charge in [0.25, 0.3) is 0 Å². The van der Waals surface area contributed by atoms with Crippen molar-refractivity contribution in [1.29, 1.82) is 0 Å². The molecule has 3 rings (SSSR count). The normalized spacial score (nSPS) is 12.2. The van der Waals surface area contributed by atoms with Crippen LogP contribution in [0.3, 0.4) is 0 Å². The minimum Gasteiger partial charge on any atom is -0.497 e. The smallest absolute Gasteiger partial charge is 0.174 e. The van der Waals surface area contributed by atoms with Crippen LogP contribution in [0.25, 0.3) is 17.2 Å². The van der Waals surface area contributed by atoms with Gasteiger partial charge in [-0.2, -0.15) is 0 Å². The number of hydrogen-bond acceptors (Lipinski definition) is 5. The van der Waals surface area contributed by atoms with E-state index in [0.29, 0.717) is 24.4 Å². The molecule has 150 valence electrons. The zero-order chi connectivity index (χ0) is 20.6. The second-order valence-electron chi connectivity index (χ2n) is 6.68. The SMILES string of the molecule is COc1ccc(-c2ccc(/C=C/C(O)OCCc3cc(N)ccc3N)cc2)cc1. The van der Waals surface area contributed by atoms with Gasteiger partial charge >= 0.3 is 0 Å². The maximum atomic E-state index is 10.0. The Morgan fingerprint density at radius 2 is 1.59 bits per heavy atom. The molecule has 0 amide bonds. The summed E-state index contributed by atoms with van der Waals surface area (Å²) in [6.07, 6.45) is 3.04. The van der Waals surface area contributed by atoms with E-state index in [9.17, 15) is 5.11 Å². The van der Waals surface area contributed by atoms with E-state index in [0.717, 1.165) is 28.0 Å². The average Bonchev–Trinajstić information content (AvgIpc) is 2.75. The van der Waals surface area contributed by atoms with Gasteiger partial charge in [-0.15, -0.1) is 0 Å². The Balaban J connectivity index is 1.51. The number of aliphatic hydroxyl groups is 1. The van der Waals surface area contributed by atoms with Gasteiger partial charge in [0, 0.05) is 11.4 Å². The van der Waals surface area contributed by atoms with Crippen LogP contribution in [0.15, 0.2) is 72.8 Å². The molecule has 0 fully saturated rings. The van der Waals surface area contributed by atoms with E-state index >= 15 is 0 Å². The summed E-state index contributed by atoms with van der Waals surface area (Å²) >= 11 is 0. The molecule has 0 aliphatic rings. The van der Waals surface area contributed by atoms with Gasteiger partial charge in [0.05, 0.1) is 13.7 Å². The van der Waals surface area contributed by atoms with Crippen molar-refractivity contribution in [2.45, 2.75) is 12.7 Å². The summed E-state index contributed by atoms with van der Waals surface area (Å²) in [5.74, 6) is 0.834. The maximum Gasteiger partial charge on any atom is 0.174 e. The van der Waals surface area contributed by atoms with Gasteiger partial charge in [0.2, 0.25) is 0 Å². The molecule has 0 spiro atoms. The second kappa shape index (κ2) is 9.78. The molecule has 3 aromatic rings. The van der Waals surface area contributed by atoms with Crippen molar-refractivity contribution < 1.29 is 14.6 Å². The molecule has 0 saturated carbocycles. The van der Waals surface area contributed by atoms with E-state index in [1.54, 1.807) is 25.3 Å². The maximum absolute atomic E-state index is 10.0. The molecule has 1 atom stereocenters. The van der Waals surface area contributed by atoms with Crippen LogP contribution in [-0.4, -0.2) is 25.1 Å². The van der Waals surface area contributed by atoms with E-state index in [1.165, 1.54) is 0 Å². The van der Waals surface area contributed by atoms with Gasteiger partial charge in [-0.25, -0.2) is 0 Å². The number of anilines is 2. The number of ether oxygens (including phenoxy) is 2. The quantitative estimate of drug-likeness (QED) is 0.398. The topological polar surface area (TPSA) is 90.7 Å². The number of aliphatic hydroxyl groups excluding tert-OH is 1. The molecular formula is C24H26N2O3. The van der Waals surface area contributed by atoms with Crippen LogP contribution >= 0.6 is 0 Å². The van der Waals surface area contributed by atoms with Gasteiger partial charge < -0.3 is 26.0 Å². The number of rotatable bonds is 8. The zero-order valence-corrected chi connectivity index (χ0v) is 16.4. The fourth-order valence-corrected chi connectivity index (χ4v) is 2.95. The van der Waals surface area contributed by atoms with Crippen LogP contribution in [0.4, 0.5) is 11.4 Å². The molecule has 5 nitrogen and oxygen atoms in total. The largest absolute Gasteiger partial charge is 0.497 e. The van der Waals surface area contributed by atoms with Gasteiger partial charge in [-0.3, -0.25) is 0 Å². The number of hydrogen-bond donors (Lipinski definition) is 3. The fraction of sp³-hybridized carbons (Fsp3) is 0.167. The van der Waals surface area contributed by atoms with E-state index < -0.39 is 6.29 Å². The Labute approximate surface area is 171 Å². The number of benzene rings is 3. The van der Waals surface area contributed by atoms with Crippen LogP contribution in [-0.2, 0) is 11.2 Å². The lowest BCUT2D eigenvalue weighted by atomic mass is 10.0. The van der Waals surface area contributed by atoms with Gasteiger partial charge in [-0.1, -0.05) is 42.5 Å². The highest BCUT2D eigenvalue weighted by Gasteiger charge is 2.03. The first kappa shape index (κ1) is 20.5. The summed E-state index contributed by atoms with van der Waals surface area (Å²) < 4.78 is 10.6. The molecule has 3 aromatic carbocycles. The Morgan fingerprint density at radius 3 is 2.24 bits per heavy atom. The lowest BCUT2D eigenvalue weighted by molar-refractivity contribution is -0.0622. The molecule has 0 saturated heterocycles. The lowest BCUT2D eigenvalue weighted by Crippen LogP contribution is -2.11. The van der Waals surface area contributed by atoms with E-state index in [4.69, 9.17) is 20.9 Å². The van der Waals surface area contributed by atoms with Crippen LogP contribution in [0, 0.1) is 0 Å². The van der Waals surface area contributed by atoms with Crippen molar-refractivity contribution in [1.82, 2.24) is 0 Å². The molecule has 5 heteroatoms. The van der Waals surface area contributed by atoms with E-state index in [2.05, 4.69) is 0 Å². The van der Waals surface area contributed by atoms with Gasteiger partial charge in [0.1, 0.15) is 5.75 Å². The molecule has 0 aliphatic carbocycles. The molecule has 0 heterocycles. The highest BCUT2D eigenvalue weighted by molar-refractivity contribution is 5.66. The summed E-state index contributed by atoms with van der Waals surface area (Å²) in [7, 11) is 1.65. The van der Waals surface area contributed by atoms with Gasteiger partial charge in [-0.05, 0) is 65.1 Å². The number of nitrogens with two attached hydrogens (primary N) is 2. The van der Waals surface area contributed by atoms with Crippen LogP contribution < -0.4 is 16.2 Å². The van der Waals surface area contributed by atoms with Gasteiger partial charge in [0.15, 0.2) is 6.29 Å². The first-order valence-corrected chi connectivity index (χ1v) is 9.41. The standard InChI is InChI=1S/C24H26N2O3/c1-28-22-10-7-19(8-11-22)18-5-2-17(3-6-18)4-13-24(27)29-15-14-20-16-21(25)9-12-23(20)26/h2-13,16,24,27H,14-15,25-26H2,1H3/b13-4+. The Hall–Kier alpha value is -3.28. The first-order valence-electron chi connectivity index (χ1n) is 9.41. The Morgan fingerprint density at radius 1 is 0.931 bits per heavy atom. The third kappa shape index (κ3) is 5.85. The van der Waals surface area contributed by atoms with E-state index in [1.807, 2.05) is 60.7 Å². The third-order valence-electron chi connectivity index (χ3n) is 4.61. The molecule has 0 aromatic heterocycles. The first-order chi connectivity index (χ1) is 14.0. The van der Waals surface area contributed by atoms with Crippen LogP contribution in [0.5, 0.6) is 5.75 Å². The van der Waals surface area contributed by atoms with Crippen molar-refractivity contribution in [2.75, 3.05) is 25.2 Å². The zero-order valence-electron chi connectivity index (χ0n) is 16.4. The Kier molecular flexibility index (Phi) is 6.89. The molecule has 0 radical (unpaired) electrons. The van der Waals surface area contributed by atoms with Crippen molar-refractivity contribution >= 4 is 17.5 Å². The van der Waals surface area contributed by atoms with Crippen molar-refractivity contribution in [3.63, 3.8) is 0 Å². The minimum atomic E-state index is -0.987. The minimum absolute atomic E-state index is 0.343. The molecule has 29 heavy (non-hydrogen) atoms. The monoisotopic (exact) mass is 390 g/mol. The highest BCUT2D eigenvalue weighted by Crippen LogP contribution is 2.23. The number of methoxy groups -OCH3 is 1. The van der Waals surface area contributed by atoms with Crippen LogP contribution in [0.2, 0.25) is 0 Å². The molecule has 1 unspecified atom stereocenters. The molecule has 5 N–H and O–H groups in total. The van der Waals surface area contributed by atoms with E-state index in [-0.39, 0.29) is 0 Å². The molecule has 0 aliphatic heterocycles. The third-order valence-corrected chi connectivity index (χ3v) is 4.61. The summed E-state index contributed by atoms with van der Waals surface area (Å²) in [5, 5.41) is 10.0. The molecular weight excluding hydrogens is 364 g/mol. The second-order valence-corrected chi connectivity index (χ2v) is 6.68. The van der Waals surface area contributed by atoms with Crippen LogP contribution in [0.1, 0.15) is 11.1 Å². The van der Waals surface area contributed by atoms with Crippen molar-refractivity contribution in [3.05, 3.63) is 83.9 Å². The summed E-state index contributed by atoms with van der Waals surface area (Å²) in [4.78, 5) is 0.